The van der Waals surface area contributed by atoms with E-state index >= 15 is 0 Å². The average Bonchev–Trinajstić information content (AvgIpc) is 2.14. The van der Waals surface area contributed by atoms with Crippen molar-refractivity contribution in [3.05, 3.63) is 11.6 Å². The molecule has 0 heterocycles. The third-order valence-corrected chi connectivity index (χ3v) is 3.58. The topological polar surface area (TPSA) is 0 Å². The minimum atomic E-state index is 0.291. The molecule has 0 spiro atoms. The molecule has 0 amide bonds. The number of hydrogen-bond donors (Lipinski definition) is 0. The third-order valence-electron chi connectivity index (χ3n) is 2.88. The highest BCUT2D eigenvalue weighted by atomic mass is 35.5. The molecule has 78 valence electrons. The van der Waals surface area contributed by atoms with Crippen LogP contribution in [0.3, 0.4) is 0 Å². The van der Waals surface area contributed by atoms with Gasteiger partial charge in [-0.25, -0.2) is 0 Å². The summed E-state index contributed by atoms with van der Waals surface area (Å²) in [6, 6.07) is 0. The van der Waals surface area contributed by atoms with E-state index in [-0.39, 0.29) is 0 Å². The summed E-state index contributed by atoms with van der Waals surface area (Å²) >= 11 is 6.16. The zero-order valence-corrected chi connectivity index (χ0v) is 10.4. The summed E-state index contributed by atoms with van der Waals surface area (Å²) in [5.74, 6) is 1.20. The van der Waals surface area contributed by atoms with E-state index in [4.69, 9.17) is 11.6 Å². The van der Waals surface area contributed by atoms with Gasteiger partial charge in [-0.05, 0) is 31.6 Å². The Morgan fingerprint density at radius 2 is 1.77 bits per heavy atom. The fourth-order valence-corrected chi connectivity index (χ4v) is 1.45. The summed E-state index contributed by atoms with van der Waals surface area (Å²) in [5.41, 5.74) is 1.48. The second-order valence-electron chi connectivity index (χ2n) is 4.00. The second kappa shape index (κ2) is 6.48. The first kappa shape index (κ1) is 13.0. The van der Waals surface area contributed by atoms with Crippen molar-refractivity contribution in [1.29, 1.82) is 0 Å². The third kappa shape index (κ3) is 4.71. The summed E-state index contributed by atoms with van der Waals surface area (Å²) in [6.45, 7) is 11.1. The van der Waals surface area contributed by atoms with Crippen LogP contribution in [0.2, 0.25) is 0 Å². The van der Waals surface area contributed by atoms with Crippen molar-refractivity contribution in [2.45, 2.75) is 52.8 Å². The van der Waals surface area contributed by atoms with Crippen molar-refractivity contribution in [2.24, 2.45) is 11.8 Å². The Balaban J connectivity index is 4.20. The molecule has 0 rings (SSSR count). The van der Waals surface area contributed by atoms with Crippen molar-refractivity contribution < 1.29 is 0 Å². The van der Waals surface area contributed by atoms with Crippen molar-refractivity contribution in [1.82, 2.24) is 0 Å². The molecule has 0 N–H and O–H groups in total. The van der Waals surface area contributed by atoms with Crippen LogP contribution in [-0.2, 0) is 0 Å². The fourth-order valence-electron chi connectivity index (χ4n) is 1.38. The molecule has 0 aliphatic rings. The van der Waals surface area contributed by atoms with Crippen LogP contribution in [-0.4, -0.2) is 5.38 Å². The Labute approximate surface area is 88.4 Å². The SMILES string of the molecule is CCC(C)C(C)=CC(C)C(Cl)CC. The van der Waals surface area contributed by atoms with Crippen LogP contribution in [0.5, 0.6) is 0 Å². The Hall–Kier alpha value is 0.0300. The van der Waals surface area contributed by atoms with Crippen molar-refractivity contribution in [3.63, 3.8) is 0 Å². The van der Waals surface area contributed by atoms with Crippen LogP contribution in [0.1, 0.15) is 47.5 Å². The van der Waals surface area contributed by atoms with Gasteiger partial charge in [0.1, 0.15) is 0 Å². The van der Waals surface area contributed by atoms with Crippen LogP contribution in [0.25, 0.3) is 0 Å². The van der Waals surface area contributed by atoms with Crippen LogP contribution in [0.15, 0.2) is 11.6 Å². The highest BCUT2D eigenvalue weighted by Crippen LogP contribution is 2.21. The van der Waals surface area contributed by atoms with Crippen molar-refractivity contribution in [2.75, 3.05) is 0 Å². The standard InChI is InChI=1S/C12H23Cl/c1-6-9(3)10(4)8-11(5)12(13)7-2/h8-9,11-12H,6-7H2,1-5H3. The summed E-state index contributed by atoms with van der Waals surface area (Å²) in [7, 11) is 0. The number of alkyl halides is 1. The molecule has 0 radical (unpaired) electrons. The van der Waals surface area contributed by atoms with Gasteiger partial charge in [-0.3, -0.25) is 0 Å². The molecule has 0 nitrogen and oxygen atoms in total. The van der Waals surface area contributed by atoms with Crippen LogP contribution in [0, 0.1) is 11.8 Å². The van der Waals surface area contributed by atoms with Crippen LogP contribution >= 0.6 is 11.6 Å². The maximum Gasteiger partial charge on any atom is 0.0393 e. The lowest BCUT2D eigenvalue weighted by atomic mass is 9.94. The molecule has 0 aromatic carbocycles. The number of rotatable bonds is 5. The minimum Gasteiger partial charge on any atom is -0.122 e. The van der Waals surface area contributed by atoms with Crippen LogP contribution in [0.4, 0.5) is 0 Å². The first-order chi connectivity index (χ1) is 6.02. The number of halogens is 1. The zero-order valence-electron chi connectivity index (χ0n) is 9.60. The minimum absolute atomic E-state index is 0.291. The lowest BCUT2D eigenvalue weighted by Gasteiger charge is -2.16. The number of hydrogen-bond acceptors (Lipinski definition) is 0. The summed E-state index contributed by atoms with van der Waals surface area (Å²) in [5, 5.41) is 0.291. The lowest BCUT2D eigenvalue weighted by molar-refractivity contribution is 0.606. The Morgan fingerprint density at radius 1 is 1.23 bits per heavy atom. The number of allylic oxidation sites excluding steroid dienone is 2. The molecule has 0 saturated heterocycles. The molecule has 0 aliphatic carbocycles. The molecule has 3 atom stereocenters. The smallest absolute Gasteiger partial charge is 0.0393 e. The van der Waals surface area contributed by atoms with E-state index in [2.05, 4.69) is 40.7 Å². The molecule has 0 aromatic heterocycles. The predicted molar refractivity (Wildman–Crippen MR) is 62.3 cm³/mol. The normalized spacial score (nSPS) is 19.7. The first-order valence-corrected chi connectivity index (χ1v) is 5.78. The van der Waals surface area contributed by atoms with E-state index in [1.54, 1.807) is 0 Å². The summed E-state index contributed by atoms with van der Waals surface area (Å²) in [6.07, 6.45) is 4.59. The van der Waals surface area contributed by atoms with Gasteiger partial charge in [0.2, 0.25) is 0 Å². The average molecular weight is 203 g/mol. The molecule has 0 fully saturated rings. The predicted octanol–water partition coefficient (Wildman–Crippen LogP) is 4.63. The largest absolute Gasteiger partial charge is 0.122 e. The van der Waals surface area contributed by atoms with E-state index in [1.807, 2.05) is 0 Å². The van der Waals surface area contributed by atoms with Crippen LogP contribution < -0.4 is 0 Å². The van der Waals surface area contributed by atoms with E-state index in [0.717, 1.165) is 6.42 Å². The van der Waals surface area contributed by atoms with E-state index in [1.165, 1.54) is 12.0 Å². The van der Waals surface area contributed by atoms with Crippen molar-refractivity contribution >= 4 is 11.6 Å². The molecular formula is C12H23Cl. The van der Waals surface area contributed by atoms with Crippen molar-refractivity contribution in [3.8, 4) is 0 Å². The van der Waals surface area contributed by atoms with Gasteiger partial charge in [-0.1, -0.05) is 39.3 Å². The van der Waals surface area contributed by atoms with Gasteiger partial charge in [0, 0.05) is 5.38 Å². The molecule has 3 unspecified atom stereocenters. The maximum absolute atomic E-state index is 6.16. The highest BCUT2D eigenvalue weighted by Gasteiger charge is 2.11. The van der Waals surface area contributed by atoms with E-state index in [0.29, 0.717) is 17.2 Å². The summed E-state index contributed by atoms with van der Waals surface area (Å²) < 4.78 is 0. The maximum atomic E-state index is 6.16. The molecule has 1 heteroatoms. The van der Waals surface area contributed by atoms with Gasteiger partial charge in [0.15, 0.2) is 0 Å². The Bertz CT molecular complexity index is 161. The Morgan fingerprint density at radius 3 is 2.15 bits per heavy atom. The highest BCUT2D eigenvalue weighted by molar-refractivity contribution is 6.20. The first-order valence-electron chi connectivity index (χ1n) is 5.35. The fraction of sp³-hybridized carbons (Fsp3) is 0.833. The van der Waals surface area contributed by atoms with Gasteiger partial charge in [-0.2, -0.15) is 0 Å². The molecule has 0 aliphatic heterocycles. The Kier molecular flexibility index (Phi) is 6.49. The second-order valence-corrected chi connectivity index (χ2v) is 4.56. The quantitative estimate of drug-likeness (QED) is 0.451. The van der Waals surface area contributed by atoms with Gasteiger partial charge in [0.05, 0.1) is 0 Å². The van der Waals surface area contributed by atoms with Gasteiger partial charge in [0.25, 0.3) is 0 Å². The molecule has 0 bridgehead atoms. The summed E-state index contributed by atoms with van der Waals surface area (Å²) in [4.78, 5) is 0. The molecule has 0 saturated carbocycles. The monoisotopic (exact) mass is 202 g/mol. The van der Waals surface area contributed by atoms with Gasteiger partial charge >= 0.3 is 0 Å². The van der Waals surface area contributed by atoms with Gasteiger partial charge in [-0.15, -0.1) is 11.6 Å². The molecule has 13 heavy (non-hydrogen) atoms. The van der Waals surface area contributed by atoms with E-state index < -0.39 is 0 Å². The molecular weight excluding hydrogens is 180 g/mol. The lowest BCUT2D eigenvalue weighted by Crippen LogP contribution is -2.09. The van der Waals surface area contributed by atoms with Gasteiger partial charge < -0.3 is 0 Å². The molecule has 0 aromatic rings. The van der Waals surface area contributed by atoms with E-state index in [9.17, 15) is 0 Å². The zero-order chi connectivity index (χ0) is 10.4.